The molecule has 1 N–H and O–H groups in total. The molecule has 1 aromatic carbocycles. The Morgan fingerprint density at radius 2 is 2.26 bits per heavy atom. The number of nitrogens with zero attached hydrogens (tertiary/aromatic N) is 2. The summed E-state index contributed by atoms with van der Waals surface area (Å²) < 4.78 is 25.8. The third-order valence-corrected chi connectivity index (χ3v) is 6.76. The fourth-order valence-corrected chi connectivity index (χ4v) is 5.38. The van der Waals surface area contributed by atoms with Crippen molar-refractivity contribution in [1.29, 1.82) is 0 Å². The van der Waals surface area contributed by atoms with Crippen LogP contribution in [0.15, 0.2) is 23.1 Å². The minimum atomic E-state index is -3.37. The van der Waals surface area contributed by atoms with Crippen LogP contribution in [0.2, 0.25) is 0 Å². The third kappa shape index (κ3) is 3.37. The van der Waals surface area contributed by atoms with E-state index in [1.54, 1.807) is 11.8 Å². The zero-order chi connectivity index (χ0) is 16.6. The SMILES string of the molecule is CSc1cccc2sc(NC(=O)C3CCCN3S(C)(=O)=O)nc12. The maximum atomic E-state index is 12.4. The number of sulfonamides is 1. The zero-order valence-electron chi connectivity index (χ0n) is 12.8. The van der Waals surface area contributed by atoms with Crippen molar-refractivity contribution in [2.75, 3.05) is 24.4 Å². The van der Waals surface area contributed by atoms with Crippen molar-refractivity contribution in [3.63, 3.8) is 0 Å². The van der Waals surface area contributed by atoms with Crippen LogP contribution in [0.1, 0.15) is 12.8 Å². The second kappa shape index (κ2) is 6.39. The molecule has 1 atom stereocenters. The van der Waals surface area contributed by atoms with Gasteiger partial charge in [0.2, 0.25) is 15.9 Å². The maximum Gasteiger partial charge on any atom is 0.244 e. The van der Waals surface area contributed by atoms with Gasteiger partial charge in [0.15, 0.2) is 5.13 Å². The average molecular weight is 372 g/mol. The van der Waals surface area contributed by atoms with Gasteiger partial charge in [0.25, 0.3) is 0 Å². The predicted molar refractivity (Wildman–Crippen MR) is 94.6 cm³/mol. The second-order valence-corrected chi connectivity index (χ2v) is 9.16. The summed E-state index contributed by atoms with van der Waals surface area (Å²) in [4.78, 5) is 18.0. The largest absolute Gasteiger partial charge is 0.301 e. The molecule has 1 aromatic heterocycles. The van der Waals surface area contributed by atoms with E-state index in [1.165, 1.54) is 15.6 Å². The number of para-hydroxylation sites is 1. The molecule has 1 fully saturated rings. The summed E-state index contributed by atoms with van der Waals surface area (Å²) in [5.41, 5.74) is 0.867. The van der Waals surface area contributed by atoms with Gasteiger partial charge in [0.05, 0.1) is 16.5 Å². The molecular weight excluding hydrogens is 354 g/mol. The highest BCUT2D eigenvalue weighted by Gasteiger charge is 2.36. The molecule has 2 aromatic rings. The van der Waals surface area contributed by atoms with Crippen LogP contribution in [-0.2, 0) is 14.8 Å². The molecule has 0 saturated carbocycles. The lowest BCUT2D eigenvalue weighted by molar-refractivity contribution is -0.119. The number of amides is 1. The van der Waals surface area contributed by atoms with Gasteiger partial charge in [-0.2, -0.15) is 4.31 Å². The van der Waals surface area contributed by atoms with Crippen LogP contribution >= 0.6 is 23.1 Å². The minimum absolute atomic E-state index is 0.308. The molecule has 1 aliphatic rings. The van der Waals surface area contributed by atoms with Gasteiger partial charge in [0, 0.05) is 11.4 Å². The molecule has 9 heteroatoms. The summed E-state index contributed by atoms with van der Waals surface area (Å²) in [5, 5.41) is 3.29. The lowest BCUT2D eigenvalue weighted by Gasteiger charge is -2.20. The van der Waals surface area contributed by atoms with Crippen molar-refractivity contribution in [2.24, 2.45) is 0 Å². The highest BCUT2D eigenvalue weighted by Crippen LogP contribution is 2.32. The second-order valence-electron chi connectivity index (χ2n) is 5.35. The Hall–Kier alpha value is -1.16. The van der Waals surface area contributed by atoms with E-state index in [0.29, 0.717) is 24.5 Å². The fraction of sp³-hybridized carbons (Fsp3) is 0.429. The molecule has 2 heterocycles. The normalized spacial score (nSPS) is 19.3. The lowest BCUT2D eigenvalue weighted by atomic mass is 10.2. The molecule has 0 radical (unpaired) electrons. The fourth-order valence-electron chi connectivity index (χ4n) is 2.73. The first-order valence-electron chi connectivity index (χ1n) is 7.11. The van der Waals surface area contributed by atoms with Crippen molar-refractivity contribution >= 4 is 54.4 Å². The minimum Gasteiger partial charge on any atom is -0.301 e. The number of carbonyl (C=O) groups excluding carboxylic acids is 1. The highest BCUT2D eigenvalue weighted by atomic mass is 32.2. The summed E-state index contributed by atoms with van der Waals surface area (Å²) in [6, 6.07) is 5.26. The number of carbonyl (C=O) groups is 1. The van der Waals surface area contributed by atoms with Crippen LogP contribution in [0, 0.1) is 0 Å². The Balaban J connectivity index is 1.83. The number of hydrogen-bond donors (Lipinski definition) is 1. The van der Waals surface area contributed by atoms with E-state index in [-0.39, 0.29) is 5.91 Å². The average Bonchev–Trinajstić information content (AvgIpc) is 3.12. The predicted octanol–water partition coefficient (Wildman–Crippen LogP) is 2.38. The van der Waals surface area contributed by atoms with Gasteiger partial charge in [-0.15, -0.1) is 11.8 Å². The molecule has 0 bridgehead atoms. The molecule has 0 aliphatic carbocycles. The van der Waals surface area contributed by atoms with Crippen molar-refractivity contribution in [3.05, 3.63) is 18.2 Å². The highest BCUT2D eigenvalue weighted by molar-refractivity contribution is 7.98. The summed E-state index contributed by atoms with van der Waals surface area (Å²) in [5.74, 6) is -0.308. The van der Waals surface area contributed by atoms with Gasteiger partial charge in [0.1, 0.15) is 6.04 Å². The molecule has 23 heavy (non-hydrogen) atoms. The Morgan fingerprint density at radius 3 is 2.96 bits per heavy atom. The summed E-state index contributed by atoms with van der Waals surface area (Å²) in [7, 11) is -3.37. The first kappa shape index (κ1) is 16.7. The van der Waals surface area contributed by atoms with E-state index in [2.05, 4.69) is 10.3 Å². The number of thioether (sulfide) groups is 1. The maximum absolute atomic E-state index is 12.4. The van der Waals surface area contributed by atoms with Crippen molar-refractivity contribution < 1.29 is 13.2 Å². The Kier molecular flexibility index (Phi) is 4.63. The Morgan fingerprint density at radius 1 is 1.48 bits per heavy atom. The van der Waals surface area contributed by atoms with E-state index < -0.39 is 16.1 Å². The molecule has 1 aliphatic heterocycles. The first-order chi connectivity index (χ1) is 10.9. The molecule has 3 rings (SSSR count). The van der Waals surface area contributed by atoms with Crippen LogP contribution in [0.5, 0.6) is 0 Å². The van der Waals surface area contributed by atoms with Crippen LogP contribution in [0.4, 0.5) is 5.13 Å². The number of fused-ring (bicyclic) bond motifs is 1. The quantitative estimate of drug-likeness (QED) is 0.835. The van der Waals surface area contributed by atoms with Crippen molar-refractivity contribution in [1.82, 2.24) is 9.29 Å². The van der Waals surface area contributed by atoms with Crippen LogP contribution < -0.4 is 5.32 Å². The van der Waals surface area contributed by atoms with Crippen LogP contribution in [0.3, 0.4) is 0 Å². The molecule has 1 unspecified atom stereocenters. The molecule has 1 saturated heterocycles. The van der Waals surface area contributed by atoms with Crippen LogP contribution in [0.25, 0.3) is 10.2 Å². The molecule has 1 amide bonds. The van der Waals surface area contributed by atoms with E-state index in [4.69, 9.17) is 0 Å². The lowest BCUT2D eigenvalue weighted by Crippen LogP contribution is -2.42. The van der Waals surface area contributed by atoms with E-state index in [0.717, 1.165) is 21.4 Å². The van der Waals surface area contributed by atoms with Gasteiger partial charge >= 0.3 is 0 Å². The smallest absolute Gasteiger partial charge is 0.244 e. The Bertz CT molecular complexity index is 847. The van der Waals surface area contributed by atoms with Crippen molar-refractivity contribution in [2.45, 2.75) is 23.8 Å². The van der Waals surface area contributed by atoms with E-state index >= 15 is 0 Å². The molecule has 6 nitrogen and oxygen atoms in total. The van der Waals surface area contributed by atoms with Gasteiger partial charge in [-0.25, -0.2) is 13.4 Å². The van der Waals surface area contributed by atoms with Crippen molar-refractivity contribution in [3.8, 4) is 0 Å². The molecular formula is C14H17N3O3S3. The van der Waals surface area contributed by atoms with Crippen LogP contribution in [-0.4, -0.2) is 48.7 Å². The van der Waals surface area contributed by atoms with E-state index in [9.17, 15) is 13.2 Å². The number of anilines is 1. The molecule has 124 valence electrons. The number of rotatable bonds is 4. The zero-order valence-corrected chi connectivity index (χ0v) is 15.2. The topological polar surface area (TPSA) is 79.4 Å². The summed E-state index contributed by atoms with van der Waals surface area (Å²) >= 11 is 3.00. The number of thiazole rings is 1. The number of benzene rings is 1. The monoisotopic (exact) mass is 371 g/mol. The Labute approximate surface area is 143 Å². The standard InChI is InChI=1S/C14H17N3O3S3/c1-21-10-6-3-7-11-12(10)15-14(22-11)16-13(18)9-5-4-8-17(9)23(2,19)20/h3,6-7,9H,4-5,8H2,1-2H3,(H,15,16,18). The number of hydrogen-bond acceptors (Lipinski definition) is 6. The van der Waals surface area contributed by atoms with Gasteiger partial charge in [-0.1, -0.05) is 17.4 Å². The van der Waals surface area contributed by atoms with Gasteiger partial charge in [-0.3, -0.25) is 4.79 Å². The summed E-state index contributed by atoms with van der Waals surface area (Å²) in [6.45, 7) is 0.396. The first-order valence-corrected chi connectivity index (χ1v) is 11.0. The van der Waals surface area contributed by atoms with Gasteiger partial charge in [-0.05, 0) is 31.2 Å². The van der Waals surface area contributed by atoms with E-state index in [1.807, 2.05) is 24.5 Å². The molecule has 0 spiro atoms. The number of aromatic nitrogens is 1. The number of nitrogens with one attached hydrogen (secondary N) is 1. The summed E-state index contributed by atoms with van der Waals surface area (Å²) in [6.07, 6.45) is 4.36. The third-order valence-electron chi connectivity index (χ3n) is 3.76. The van der Waals surface area contributed by atoms with Gasteiger partial charge < -0.3 is 5.32 Å².